The second-order valence-corrected chi connectivity index (χ2v) is 8.66. The second-order valence-electron chi connectivity index (χ2n) is 8.66. The van der Waals surface area contributed by atoms with Crippen molar-refractivity contribution in [3.05, 3.63) is 35.4 Å². The van der Waals surface area contributed by atoms with Crippen molar-refractivity contribution in [3.63, 3.8) is 0 Å². The Labute approximate surface area is 175 Å². The average Bonchev–Trinajstić information content (AvgIpc) is 3.29. The van der Waals surface area contributed by atoms with Crippen molar-refractivity contribution in [1.82, 2.24) is 20.4 Å². The minimum atomic E-state index is 0.228. The number of guanidine groups is 1. The summed E-state index contributed by atoms with van der Waals surface area (Å²) in [7, 11) is 0. The Morgan fingerprint density at radius 3 is 2.48 bits per heavy atom. The minimum Gasteiger partial charge on any atom is -0.357 e. The van der Waals surface area contributed by atoms with Gasteiger partial charge < -0.3 is 15.5 Å². The first-order chi connectivity index (χ1) is 14.0. The Bertz CT molecular complexity index is 692. The lowest BCUT2D eigenvalue weighted by atomic mass is 10.1. The van der Waals surface area contributed by atoms with E-state index in [0.29, 0.717) is 31.0 Å². The van der Waals surface area contributed by atoms with E-state index in [1.54, 1.807) is 0 Å². The minimum absolute atomic E-state index is 0.228. The number of benzene rings is 1. The third-order valence-corrected chi connectivity index (χ3v) is 6.05. The molecule has 2 unspecified atom stereocenters. The molecule has 0 spiro atoms. The summed E-state index contributed by atoms with van der Waals surface area (Å²) in [6, 6.07) is 9.31. The maximum atomic E-state index is 12.5. The first-order valence-electron chi connectivity index (χ1n) is 11.1. The molecule has 1 saturated heterocycles. The number of amides is 1. The highest BCUT2D eigenvalue weighted by Gasteiger charge is 2.31. The smallest absolute Gasteiger partial charge is 0.223 e. The first kappa shape index (κ1) is 21.6. The van der Waals surface area contributed by atoms with Crippen LogP contribution in [0, 0.1) is 5.92 Å². The van der Waals surface area contributed by atoms with Gasteiger partial charge in [0.1, 0.15) is 0 Å². The van der Waals surface area contributed by atoms with Crippen LogP contribution in [-0.2, 0) is 17.9 Å². The van der Waals surface area contributed by atoms with E-state index >= 15 is 0 Å². The number of nitrogens with zero attached hydrogens (tertiary/aromatic N) is 3. The van der Waals surface area contributed by atoms with E-state index in [0.717, 1.165) is 45.1 Å². The molecule has 29 heavy (non-hydrogen) atoms. The van der Waals surface area contributed by atoms with Gasteiger partial charge in [-0.05, 0) is 44.2 Å². The molecule has 2 atom stereocenters. The van der Waals surface area contributed by atoms with Crippen LogP contribution < -0.4 is 10.6 Å². The van der Waals surface area contributed by atoms with Gasteiger partial charge in [-0.15, -0.1) is 0 Å². The number of likely N-dealkylation sites (tertiary alicyclic amines) is 1. The molecule has 0 saturated carbocycles. The Kier molecular flexibility index (Phi) is 7.53. The van der Waals surface area contributed by atoms with Gasteiger partial charge in [0.25, 0.3) is 0 Å². The van der Waals surface area contributed by atoms with Crippen LogP contribution in [0.4, 0.5) is 0 Å². The van der Waals surface area contributed by atoms with Crippen LogP contribution in [0.25, 0.3) is 0 Å². The zero-order chi connectivity index (χ0) is 20.8. The van der Waals surface area contributed by atoms with E-state index in [9.17, 15) is 4.79 Å². The summed E-state index contributed by atoms with van der Waals surface area (Å²) >= 11 is 0. The lowest BCUT2D eigenvalue weighted by molar-refractivity contribution is -0.131. The van der Waals surface area contributed by atoms with Gasteiger partial charge >= 0.3 is 0 Å². The molecule has 1 fully saturated rings. The molecule has 2 aliphatic rings. The molecule has 0 aromatic heterocycles. The van der Waals surface area contributed by atoms with Crippen LogP contribution >= 0.6 is 0 Å². The number of fused-ring (bicyclic) bond motifs is 1. The van der Waals surface area contributed by atoms with Crippen molar-refractivity contribution in [1.29, 1.82) is 0 Å². The number of hydrogen-bond acceptors (Lipinski definition) is 3. The monoisotopic (exact) mass is 399 g/mol. The highest BCUT2D eigenvalue weighted by atomic mass is 16.2. The summed E-state index contributed by atoms with van der Waals surface area (Å²) < 4.78 is 0. The Hall–Kier alpha value is -2.08. The molecule has 6 nitrogen and oxygen atoms in total. The quantitative estimate of drug-likeness (QED) is 0.420. The van der Waals surface area contributed by atoms with Gasteiger partial charge in [-0.1, -0.05) is 31.2 Å². The molecule has 1 aromatic carbocycles. The van der Waals surface area contributed by atoms with Crippen molar-refractivity contribution in [2.24, 2.45) is 10.9 Å². The average molecular weight is 400 g/mol. The summed E-state index contributed by atoms with van der Waals surface area (Å²) in [6.07, 6.45) is 1.33. The third-order valence-electron chi connectivity index (χ3n) is 6.05. The summed E-state index contributed by atoms with van der Waals surface area (Å²) in [6.45, 7) is 14.1. The molecule has 2 aliphatic heterocycles. The number of carbonyl (C=O) groups excluding carboxylic acids is 1. The highest BCUT2D eigenvalue weighted by Crippen LogP contribution is 2.23. The summed E-state index contributed by atoms with van der Waals surface area (Å²) in [4.78, 5) is 21.7. The topological polar surface area (TPSA) is 60.0 Å². The van der Waals surface area contributed by atoms with Crippen LogP contribution in [0.15, 0.2) is 29.3 Å². The van der Waals surface area contributed by atoms with E-state index in [1.165, 1.54) is 11.1 Å². The number of carbonyl (C=O) groups is 1. The Morgan fingerprint density at radius 1 is 1.21 bits per heavy atom. The third kappa shape index (κ3) is 5.72. The van der Waals surface area contributed by atoms with E-state index < -0.39 is 0 Å². The predicted molar refractivity (Wildman–Crippen MR) is 119 cm³/mol. The van der Waals surface area contributed by atoms with Crippen LogP contribution in [0.2, 0.25) is 0 Å². The summed E-state index contributed by atoms with van der Waals surface area (Å²) in [5.74, 6) is 1.70. The SMILES string of the molecule is CCNC(=NCCCC(=O)N1Cc2ccccc2C1)NC1CN(C(C)C)CC1C. The van der Waals surface area contributed by atoms with Gasteiger partial charge in [0.15, 0.2) is 5.96 Å². The fourth-order valence-electron chi connectivity index (χ4n) is 4.20. The van der Waals surface area contributed by atoms with E-state index in [2.05, 4.69) is 55.4 Å². The normalized spacial score (nSPS) is 22.2. The molecule has 1 aromatic rings. The van der Waals surface area contributed by atoms with Crippen LogP contribution in [0.3, 0.4) is 0 Å². The number of nitrogens with one attached hydrogen (secondary N) is 2. The lowest BCUT2D eigenvalue weighted by Crippen LogP contribution is -2.46. The molecule has 0 radical (unpaired) electrons. The van der Waals surface area contributed by atoms with Crippen LogP contribution in [0.5, 0.6) is 0 Å². The van der Waals surface area contributed by atoms with Gasteiger partial charge in [-0.2, -0.15) is 0 Å². The van der Waals surface area contributed by atoms with Crippen molar-refractivity contribution < 1.29 is 4.79 Å². The zero-order valence-electron chi connectivity index (χ0n) is 18.4. The van der Waals surface area contributed by atoms with E-state index in [-0.39, 0.29) is 5.91 Å². The molecular formula is C23H37N5O. The number of hydrogen-bond donors (Lipinski definition) is 2. The fourth-order valence-corrected chi connectivity index (χ4v) is 4.20. The molecule has 2 N–H and O–H groups in total. The molecule has 6 heteroatoms. The standard InChI is InChI=1S/C23H37N5O/c1-5-24-23(26-21-16-27(17(2)3)13-18(21)4)25-12-8-11-22(29)28-14-19-9-6-7-10-20(19)15-28/h6-7,9-10,17-18,21H,5,8,11-16H2,1-4H3,(H2,24,25,26). The van der Waals surface area contributed by atoms with Crippen molar-refractivity contribution in [3.8, 4) is 0 Å². The molecule has 3 rings (SSSR count). The van der Waals surface area contributed by atoms with Crippen molar-refractivity contribution >= 4 is 11.9 Å². The molecule has 160 valence electrons. The molecule has 1 amide bonds. The van der Waals surface area contributed by atoms with Crippen LogP contribution in [-0.4, -0.2) is 59.9 Å². The molecule has 0 aliphatic carbocycles. The summed E-state index contributed by atoms with van der Waals surface area (Å²) in [5, 5.41) is 6.96. The zero-order valence-corrected chi connectivity index (χ0v) is 18.4. The molecular weight excluding hydrogens is 362 g/mol. The second kappa shape index (κ2) is 10.1. The fraction of sp³-hybridized carbons (Fsp3) is 0.652. The molecule has 2 heterocycles. The highest BCUT2D eigenvalue weighted by molar-refractivity contribution is 5.80. The Balaban J connectivity index is 1.44. The van der Waals surface area contributed by atoms with Crippen molar-refractivity contribution in [2.75, 3.05) is 26.2 Å². The van der Waals surface area contributed by atoms with Crippen molar-refractivity contribution in [2.45, 2.75) is 65.7 Å². The van der Waals surface area contributed by atoms with E-state index in [1.807, 2.05) is 17.0 Å². The largest absolute Gasteiger partial charge is 0.357 e. The van der Waals surface area contributed by atoms with Gasteiger partial charge in [0.05, 0.1) is 0 Å². The maximum absolute atomic E-state index is 12.5. The van der Waals surface area contributed by atoms with Gasteiger partial charge in [-0.3, -0.25) is 14.7 Å². The summed E-state index contributed by atoms with van der Waals surface area (Å²) in [5.41, 5.74) is 2.55. The van der Waals surface area contributed by atoms with Gasteiger partial charge in [0, 0.05) is 57.8 Å². The van der Waals surface area contributed by atoms with Gasteiger partial charge in [-0.25, -0.2) is 0 Å². The number of rotatable bonds is 7. The first-order valence-corrected chi connectivity index (χ1v) is 11.1. The maximum Gasteiger partial charge on any atom is 0.223 e. The number of aliphatic imine (C=N–C) groups is 1. The van der Waals surface area contributed by atoms with E-state index in [4.69, 9.17) is 4.99 Å². The lowest BCUT2D eigenvalue weighted by Gasteiger charge is -2.22. The van der Waals surface area contributed by atoms with Crippen LogP contribution in [0.1, 0.15) is 51.7 Å². The Morgan fingerprint density at radius 2 is 1.90 bits per heavy atom. The molecule has 0 bridgehead atoms. The predicted octanol–water partition coefficient (Wildman–Crippen LogP) is 2.59. The van der Waals surface area contributed by atoms with Gasteiger partial charge in [0.2, 0.25) is 5.91 Å².